The van der Waals surface area contributed by atoms with E-state index in [1.165, 1.54) is 0 Å². The van der Waals surface area contributed by atoms with Gasteiger partial charge < -0.3 is 10.4 Å². The van der Waals surface area contributed by atoms with E-state index in [0.717, 1.165) is 0 Å². The topological polar surface area (TPSA) is 76.4 Å². The number of nitrogens with zero attached hydrogens (tertiary/aromatic N) is 2. The van der Waals surface area contributed by atoms with Gasteiger partial charge in [-0.15, -0.1) is 0 Å². The molecule has 0 aliphatic rings. The predicted octanol–water partition coefficient (Wildman–Crippen LogP) is 0.744. The summed E-state index contributed by atoms with van der Waals surface area (Å²) >= 11 is 0. The minimum absolute atomic E-state index is 0.0502. The molecule has 0 aliphatic carbocycles. The molecule has 2 atom stereocenters. The second kappa shape index (κ2) is 7.34. The molecule has 0 aromatic heterocycles. The van der Waals surface area contributed by atoms with Crippen LogP contribution in [-0.2, 0) is 4.79 Å². The van der Waals surface area contributed by atoms with Gasteiger partial charge in [-0.3, -0.25) is 9.69 Å². The van der Waals surface area contributed by atoms with Gasteiger partial charge in [-0.25, -0.2) is 0 Å². The average molecular weight is 255 g/mol. The second-order valence-electron chi connectivity index (χ2n) is 5.39. The van der Waals surface area contributed by atoms with Crippen molar-refractivity contribution >= 4 is 5.91 Å². The lowest BCUT2D eigenvalue weighted by molar-refractivity contribution is -0.123. The van der Waals surface area contributed by atoms with Crippen LogP contribution >= 0.6 is 0 Å². The molecule has 0 aliphatic heterocycles. The highest BCUT2D eigenvalue weighted by molar-refractivity contribution is 5.79. The fourth-order valence-electron chi connectivity index (χ4n) is 1.36. The van der Waals surface area contributed by atoms with Gasteiger partial charge in [0.25, 0.3) is 0 Å². The molecule has 2 unspecified atom stereocenters. The molecule has 5 nitrogen and oxygen atoms in total. The predicted molar refractivity (Wildman–Crippen MR) is 70.8 cm³/mol. The number of likely N-dealkylation sites (N-methyl/N-ethyl adjacent to an activating group) is 1. The Bertz CT molecular complexity index is 310. The number of aliphatic hydroxyl groups excluding tert-OH is 1. The van der Waals surface area contributed by atoms with Gasteiger partial charge in [0, 0.05) is 6.54 Å². The van der Waals surface area contributed by atoms with Crippen molar-refractivity contribution in [2.45, 2.75) is 45.8 Å². The van der Waals surface area contributed by atoms with E-state index >= 15 is 0 Å². The highest BCUT2D eigenvalue weighted by Gasteiger charge is 2.30. The van der Waals surface area contributed by atoms with Gasteiger partial charge >= 0.3 is 0 Å². The van der Waals surface area contributed by atoms with E-state index in [2.05, 4.69) is 11.4 Å². The number of aliphatic hydroxyl groups is 1. The zero-order valence-electron chi connectivity index (χ0n) is 12.0. The summed E-state index contributed by atoms with van der Waals surface area (Å²) in [6.07, 6.45) is 0.263. The van der Waals surface area contributed by atoms with Crippen LogP contribution in [0.5, 0.6) is 0 Å². The number of hydrogen-bond donors (Lipinski definition) is 2. The standard InChI is InChI=1S/C13H25N3O2/c1-10(2)13(4,9-14)15-12(18)8-16(5)7-6-11(3)17/h10-11,17H,6-8H2,1-5H3,(H,15,18). The molecule has 0 heterocycles. The Balaban J connectivity index is 4.23. The van der Waals surface area contributed by atoms with E-state index in [1.54, 1.807) is 13.8 Å². The van der Waals surface area contributed by atoms with E-state index < -0.39 is 5.54 Å². The SMILES string of the molecule is CC(O)CCN(C)CC(=O)NC(C)(C#N)C(C)C. The zero-order valence-corrected chi connectivity index (χ0v) is 12.0. The Morgan fingerprint density at radius 2 is 2.06 bits per heavy atom. The Morgan fingerprint density at radius 1 is 1.50 bits per heavy atom. The van der Waals surface area contributed by atoms with Crippen molar-refractivity contribution in [2.24, 2.45) is 5.92 Å². The Hall–Kier alpha value is -1.12. The van der Waals surface area contributed by atoms with Crippen LogP contribution in [0.3, 0.4) is 0 Å². The molecule has 0 saturated heterocycles. The summed E-state index contributed by atoms with van der Waals surface area (Å²) in [4.78, 5) is 13.6. The van der Waals surface area contributed by atoms with E-state index in [-0.39, 0.29) is 24.5 Å². The van der Waals surface area contributed by atoms with E-state index in [4.69, 9.17) is 10.4 Å². The first-order chi connectivity index (χ1) is 8.21. The van der Waals surface area contributed by atoms with Crippen molar-refractivity contribution < 1.29 is 9.90 Å². The molecule has 5 heteroatoms. The van der Waals surface area contributed by atoms with Crippen LogP contribution in [0.1, 0.15) is 34.1 Å². The van der Waals surface area contributed by atoms with Crippen molar-refractivity contribution in [1.29, 1.82) is 5.26 Å². The van der Waals surface area contributed by atoms with Gasteiger partial charge in [0.15, 0.2) is 0 Å². The van der Waals surface area contributed by atoms with Crippen LogP contribution in [0.15, 0.2) is 0 Å². The smallest absolute Gasteiger partial charge is 0.235 e. The van der Waals surface area contributed by atoms with E-state index in [9.17, 15) is 4.79 Å². The quantitative estimate of drug-likeness (QED) is 0.703. The number of nitriles is 1. The summed E-state index contributed by atoms with van der Waals surface area (Å²) in [5.41, 5.74) is -0.831. The van der Waals surface area contributed by atoms with Gasteiger partial charge in [-0.05, 0) is 33.2 Å². The van der Waals surface area contributed by atoms with Gasteiger partial charge in [-0.1, -0.05) is 13.8 Å². The lowest BCUT2D eigenvalue weighted by Gasteiger charge is -2.28. The van der Waals surface area contributed by atoms with Crippen molar-refractivity contribution in [1.82, 2.24) is 10.2 Å². The Labute approximate surface area is 110 Å². The maximum Gasteiger partial charge on any atom is 0.235 e. The molecule has 0 bridgehead atoms. The van der Waals surface area contributed by atoms with Crippen LogP contribution in [0.4, 0.5) is 0 Å². The number of rotatable bonds is 7. The molecular formula is C13H25N3O2. The van der Waals surface area contributed by atoms with Crippen LogP contribution in [0, 0.1) is 17.2 Å². The molecule has 0 spiro atoms. The summed E-state index contributed by atoms with van der Waals surface area (Å²) in [5, 5.41) is 21.0. The highest BCUT2D eigenvalue weighted by atomic mass is 16.3. The molecule has 0 radical (unpaired) electrons. The molecule has 2 N–H and O–H groups in total. The molecule has 104 valence electrons. The van der Waals surface area contributed by atoms with Crippen molar-refractivity contribution in [3.05, 3.63) is 0 Å². The highest BCUT2D eigenvalue weighted by Crippen LogP contribution is 2.14. The van der Waals surface area contributed by atoms with Gasteiger partial charge in [-0.2, -0.15) is 5.26 Å². The van der Waals surface area contributed by atoms with Crippen LogP contribution < -0.4 is 5.32 Å². The molecule has 1 amide bonds. The monoisotopic (exact) mass is 255 g/mol. The fourth-order valence-corrected chi connectivity index (χ4v) is 1.36. The normalized spacial score (nSPS) is 16.2. The molecular weight excluding hydrogens is 230 g/mol. The molecule has 0 rings (SSSR count). The number of carbonyl (C=O) groups excluding carboxylic acids is 1. The van der Waals surface area contributed by atoms with Crippen molar-refractivity contribution in [3.8, 4) is 6.07 Å². The Morgan fingerprint density at radius 3 is 2.44 bits per heavy atom. The molecule has 0 aromatic rings. The maximum absolute atomic E-state index is 11.8. The number of carbonyl (C=O) groups is 1. The second-order valence-corrected chi connectivity index (χ2v) is 5.39. The fraction of sp³-hybridized carbons (Fsp3) is 0.846. The third kappa shape index (κ3) is 5.99. The minimum atomic E-state index is -0.831. The number of hydrogen-bond acceptors (Lipinski definition) is 4. The van der Waals surface area contributed by atoms with Crippen LogP contribution in [0.2, 0.25) is 0 Å². The first kappa shape index (κ1) is 16.9. The van der Waals surface area contributed by atoms with Crippen molar-refractivity contribution in [3.63, 3.8) is 0 Å². The largest absolute Gasteiger partial charge is 0.393 e. The Kier molecular flexibility index (Phi) is 6.89. The van der Waals surface area contributed by atoms with E-state index in [1.807, 2.05) is 25.8 Å². The number of nitrogens with one attached hydrogen (secondary N) is 1. The van der Waals surface area contributed by atoms with Crippen LogP contribution in [0.25, 0.3) is 0 Å². The van der Waals surface area contributed by atoms with E-state index in [0.29, 0.717) is 13.0 Å². The zero-order chi connectivity index (χ0) is 14.3. The molecule has 18 heavy (non-hydrogen) atoms. The third-order valence-electron chi connectivity index (χ3n) is 3.13. The molecule has 0 saturated carbocycles. The average Bonchev–Trinajstić information content (AvgIpc) is 2.25. The minimum Gasteiger partial charge on any atom is -0.393 e. The summed E-state index contributed by atoms with van der Waals surface area (Å²) in [6.45, 7) is 8.14. The lowest BCUT2D eigenvalue weighted by atomic mass is 9.90. The van der Waals surface area contributed by atoms with Gasteiger partial charge in [0.2, 0.25) is 5.91 Å². The van der Waals surface area contributed by atoms with Gasteiger partial charge in [0.05, 0.1) is 18.7 Å². The summed E-state index contributed by atoms with van der Waals surface area (Å²) < 4.78 is 0. The number of amides is 1. The van der Waals surface area contributed by atoms with Gasteiger partial charge in [0.1, 0.15) is 5.54 Å². The third-order valence-corrected chi connectivity index (χ3v) is 3.13. The summed E-state index contributed by atoms with van der Waals surface area (Å²) in [7, 11) is 1.82. The summed E-state index contributed by atoms with van der Waals surface area (Å²) in [5.74, 6) is -0.116. The first-order valence-electron chi connectivity index (χ1n) is 6.30. The first-order valence-corrected chi connectivity index (χ1v) is 6.30. The molecule has 0 fully saturated rings. The molecule has 0 aromatic carbocycles. The maximum atomic E-state index is 11.8. The lowest BCUT2D eigenvalue weighted by Crippen LogP contribution is -2.51. The summed E-state index contributed by atoms with van der Waals surface area (Å²) in [6, 6.07) is 2.14. The van der Waals surface area contributed by atoms with Crippen molar-refractivity contribution in [2.75, 3.05) is 20.1 Å². The van der Waals surface area contributed by atoms with Crippen LogP contribution in [-0.4, -0.2) is 47.7 Å².